The van der Waals surface area contributed by atoms with E-state index < -0.39 is 11.5 Å². The molecule has 40 heavy (non-hydrogen) atoms. The molecule has 4 aromatic rings. The number of aromatic amines is 1. The summed E-state index contributed by atoms with van der Waals surface area (Å²) in [6.07, 6.45) is 6.63. The van der Waals surface area contributed by atoms with Crippen LogP contribution < -0.4 is 10.4 Å². The zero-order valence-electron chi connectivity index (χ0n) is 23.2. The predicted molar refractivity (Wildman–Crippen MR) is 151 cm³/mol. The van der Waals surface area contributed by atoms with Gasteiger partial charge in [0.2, 0.25) is 11.5 Å². The topological polar surface area (TPSA) is 126 Å². The van der Waals surface area contributed by atoms with Gasteiger partial charge < -0.3 is 24.3 Å². The highest BCUT2D eigenvalue weighted by atomic mass is 16.5. The third kappa shape index (κ3) is 5.81. The second kappa shape index (κ2) is 11.1. The monoisotopic (exact) mass is 542 g/mol. The molecule has 0 spiro atoms. The van der Waals surface area contributed by atoms with Gasteiger partial charge in [0.05, 0.1) is 41.5 Å². The second-order valence-corrected chi connectivity index (χ2v) is 10.8. The highest BCUT2D eigenvalue weighted by molar-refractivity contribution is 5.96. The SMILES string of the molecule is COc1ccncc1-c1cc(C(=O)/N=c2\[nH]c3cc(C4CCN(C(C)=O)CC4)ccc3n2CC(C)(C)O)ccn1. The van der Waals surface area contributed by atoms with Gasteiger partial charge in [0.15, 0.2) is 0 Å². The number of piperidine rings is 1. The van der Waals surface area contributed by atoms with Crippen LogP contribution in [0.25, 0.3) is 22.3 Å². The normalized spacial score (nSPS) is 15.0. The molecule has 208 valence electrons. The summed E-state index contributed by atoms with van der Waals surface area (Å²) in [5.74, 6) is 0.611. The maximum atomic E-state index is 13.4. The summed E-state index contributed by atoms with van der Waals surface area (Å²) < 4.78 is 7.26. The molecule has 1 aromatic carbocycles. The van der Waals surface area contributed by atoms with Gasteiger partial charge in [-0.25, -0.2) is 0 Å². The number of pyridine rings is 2. The lowest BCUT2D eigenvalue weighted by atomic mass is 9.89. The summed E-state index contributed by atoms with van der Waals surface area (Å²) in [7, 11) is 1.57. The Kier molecular flexibility index (Phi) is 7.53. The molecule has 1 fully saturated rings. The van der Waals surface area contributed by atoms with Crippen molar-refractivity contribution in [2.45, 2.75) is 51.7 Å². The zero-order valence-corrected chi connectivity index (χ0v) is 23.2. The molecule has 3 aromatic heterocycles. The largest absolute Gasteiger partial charge is 0.496 e. The van der Waals surface area contributed by atoms with E-state index in [-0.39, 0.29) is 12.5 Å². The highest BCUT2D eigenvalue weighted by Gasteiger charge is 2.23. The van der Waals surface area contributed by atoms with E-state index in [1.807, 2.05) is 15.5 Å². The quantitative estimate of drug-likeness (QED) is 0.383. The van der Waals surface area contributed by atoms with Gasteiger partial charge in [-0.2, -0.15) is 4.99 Å². The van der Waals surface area contributed by atoms with Gasteiger partial charge in [0.25, 0.3) is 5.91 Å². The van der Waals surface area contributed by atoms with Crippen molar-refractivity contribution in [1.82, 2.24) is 24.4 Å². The van der Waals surface area contributed by atoms with Crippen LogP contribution in [0.4, 0.5) is 0 Å². The average molecular weight is 543 g/mol. The minimum absolute atomic E-state index is 0.114. The van der Waals surface area contributed by atoms with E-state index in [9.17, 15) is 14.7 Å². The van der Waals surface area contributed by atoms with E-state index in [2.05, 4.69) is 32.1 Å². The van der Waals surface area contributed by atoms with Crippen molar-refractivity contribution >= 4 is 22.8 Å². The molecule has 0 aliphatic carbocycles. The fourth-order valence-corrected chi connectivity index (χ4v) is 5.23. The first-order chi connectivity index (χ1) is 19.1. The predicted octanol–water partition coefficient (Wildman–Crippen LogP) is 3.67. The summed E-state index contributed by atoms with van der Waals surface area (Å²) >= 11 is 0. The third-order valence-electron chi connectivity index (χ3n) is 7.26. The summed E-state index contributed by atoms with van der Waals surface area (Å²) in [5.41, 5.74) is 3.74. The fourth-order valence-electron chi connectivity index (χ4n) is 5.23. The zero-order chi connectivity index (χ0) is 28.4. The van der Waals surface area contributed by atoms with Gasteiger partial charge in [-0.15, -0.1) is 0 Å². The molecule has 10 nitrogen and oxygen atoms in total. The van der Waals surface area contributed by atoms with Crippen LogP contribution in [0.5, 0.6) is 5.75 Å². The number of imidazole rings is 1. The molecule has 5 rings (SSSR count). The minimum Gasteiger partial charge on any atom is -0.496 e. The Bertz CT molecular complexity index is 1620. The van der Waals surface area contributed by atoms with Crippen LogP contribution in [0.2, 0.25) is 0 Å². The molecule has 1 aliphatic heterocycles. The number of amides is 2. The van der Waals surface area contributed by atoms with E-state index in [1.54, 1.807) is 64.7 Å². The molecule has 10 heteroatoms. The maximum Gasteiger partial charge on any atom is 0.280 e. The van der Waals surface area contributed by atoms with Crippen LogP contribution in [0, 0.1) is 0 Å². The minimum atomic E-state index is -1.04. The standard InChI is InChI=1S/C30H34N6O4/c1-19(37)35-13-9-20(10-14-35)21-5-6-26-25(15-21)33-29(36(26)18-30(2,3)39)34-28(38)22-7-12-32-24(16-22)23-17-31-11-8-27(23)40-4/h5-8,11-12,15-17,20,39H,9-10,13-14,18H2,1-4H3,(H,33,34,38). The lowest BCUT2D eigenvalue weighted by Crippen LogP contribution is -2.36. The van der Waals surface area contributed by atoms with Crippen LogP contribution in [0.1, 0.15) is 55.5 Å². The molecule has 4 heterocycles. The third-order valence-corrected chi connectivity index (χ3v) is 7.26. The van der Waals surface area contributed by atoms with E-state index in [1.165, 1.54) is 5.56 Å². The lowest BCUT2D eigenvalue weighted by Gasteiger charge is -2.31. The number of benzene rings is 1. The van der Waals surface area contributed by atoms with Crippen molar-refractivity contribution in [2.75, 3.05) is 20.2 Å². The Hall–Kier alpha value is -4.31. The summed E-state index contributed by atoms with van der Waals surface area (Å²) in [6, 6.07) is 11.2. The summed E-state index contributed by atoms with van der Waals surface area (Å²) in [4.78, 5) is 43.3. The van der Waals surface area contributed by atoms with Crippen molar-refractivity contribution in [3.05, 3.63) is 71.7 Å². The Balaban J connectivity index is 1.51. The molecule has 0 saturated carbocycles. The first kappa shape index (κ1) is 27.3. The molecule has 0 radical (unpaired) electrons. The number of aromatic nitrogens is 4. The number of nitrogens with one attached hydrogen (secondary N) is 1. The number of ether oxygens (including phenoxy) is 1. The Morgan fingerprint density at radius 3 is 2.62 bits per heavy atom. The Labute approximate surface area is 232 Å². The smallest absolute Gasteiger partial charge is 0.280 e. The number of fused-ring (bicyclic) bond motifs is 1. The molecular weight excluding hydrogens is 508 g/mol. The van der Waals surface area contributed by atoms with Crippen LogP contribution in [-0.4, -0.2) is 67.1 Å². The lowest BCUT2D eigenvalue weighted by molar-refractivity contribution is -0.129. The Morgan fingerprint density at radius 1 is 1.15 bits per heavy atom. The average Bonchev–Trinajstić information content (AvgIpc) is 3.27. The van der Waals surface area contributed by atoms with Gasteiger partial charge in [-0.1, -0.05) is 6.07 Å². The number of carbonyl (C=O) groups excluding carboxylic acids is 2. The first-order valence-electron chi connectivity index (χ1n) is 13.4. The summed E-state index contributed by atoms with van der Waals surface area (Å²) in [5, 5.41) is 10.6. The molecule has 0 unspecified atom stereocenters. The summed E-state index contributed by atoms with van der Waals surface area (Å²) in [6.45, 7) is 6.78. The van der Waals surface area contributed by atoms with Crippen LogP contribution in [0.15, 0.2) is 60.0 Å². The van der Waals surface area contributed by atoms with Crippen molar-refractivity contribution in [2.24, 2.45) is 4.99 Å². The van der Waals surface area contributed by atoms with Gasteiger partial charge in [-0.05, 0) is 68.5 Å². The van der Waals surface area contributed by atoms with Crippen molar-refractivity contribution in [3.8, 4) is 17.0 Å². The Morgan fingerprint density at radius 2 is 1.93 bits per heavy atom. The molecule has 0 bridgehead atoms. The number of nitrogens with zero attached hydrogens (tertiary/aromatic N) is 5. The van der Waals surface area contributed by atoms with Gasteiger partial charge >= 0.3 is 0 Å². The number of H-pyrrole nitrogens is 1. The van der Waals surface area contributed by atoms with Crippen molar-refractivity contribution in [3.63, 3.8) is 0 Å². The van der Waals surface area contributed by atoms with Crippen LogP contribution in [-0.2, 0) is 11.3 Å². The van der Waals surface area contributed by atoms with E-state index in [0.717, 1.165) is 37.0 Å². The molecule has 2 amide bonds. The van der Waals surface area contributed by atoms with Crippen LogP contribution >= 0.6 is 0 Å². The number of hydrogen-bond acceptors (Lipinski definition) is 6. The number of carbonyl (C=O) groups is 2. The van der Waals surface area contributed by atoms with Gasteiger partial charge in [0, 0.05) is 44.2 Å². The van der Waals surface area contributed by atoms with Crippen LogP contribution in [0.3, 0.4) is 0 Å². The van der Waals surface area contributed by atoms with Gasteiger partial charge in [-0.3, -0.25) is 19.6 Å². The number of aliphatic hydroxyl groups is 1. The van der Waals surface area contributed by atoms with E-state index >= 15 is 0 Å². The second-order valence-electron chi connectivity index (χ2n) is 10.8. The molecule has 1 aliphatic rings. The van der Waals surface area contributed by atoms with Crippen molar-refractivity contribution < 1.29 is 19.4 Å². The number of hydrogen-bond donors (Lipinski definition) is 2. The van der Waals surface area contributed by atoms with E-state index in [4.69, 9.17) is 4.74 Å². The van der Waals surface area contributed by atoms with Gasteiger partial charge in [0.1, 0.15) is 5.75 Å². The first-order valence-corrected chi connectivity index (χ1v) is 13.4. The van der Waals surface area contributed by atoms with Crippen molar-refractivity contribution in [1.29, 1.82) is 0 Å². The maximum absolute atomic E-state index is 13.4. The number of likely N-dealkylation sites (tertiary alicyclic amines) is 1. The van der Waals surface area contributed by atoms with E-state index in [0.29, 0.717) is 34.1 Å². The molecular formula is C30H34N6O4. The molecule has 0 atom stereocenters. The molecule has 1 saturated heterocycles. The fraction of sp³-hybridized carbons (Fsp3) is 0.367. The molecule has 2 N–H and O–H groups in total. The highest BCUT2D eigenvalue weighted by Crippen LogP contribution is 2.30. The number of rotatable bonds is 6. The number of methoxy groups -OCH3 is 1.